The highest BCUT2D eigenvalue weighted by Gasteiger charge is 2.23. The van der Waals surface area contributed by atoms with E-state index in [1.54, 1.807) is 0 Å². The van der Waals surface area contributed by atoms with Crippen molar-refractivity contribution in [3.63, 3.8) is 0 Å². The van der Waals surface area contributed by atoms with Crippen LogP contribution < -0.4 is 0 Å². The number of aryl methyl sites for hydroxylation is 2. The summed E-state index contributed by atoms with van der Waals surface area (Å²) in [6.45, 7) is 7.40. The maximum atomic E-state index is 4.80. The van der Waals surface area contributed by atoms with E-state index in [-0.39, 0.29) is 0 Å². The van der Waals surface area contributed by atoms with Crippen molar-refractivity contribution >= 4 is 5.65 Å². The summed E-state index contributed by atoms with van der Waals surface area (Å²) in [5, 5.41) is 11.4. The summed E-state index contributed by atoms with van der Waals surface area (Å²) in [6, 6.07) is 4.17. The van der Waals surface area contributed by atoms with Crippen molar-refractivity contribution in [2.24, 2.45) is 0 Å². The second-order valence-corrected chi connectivity index (χ2v) is 6.49. The van der Waals surface area contributed by atoms with Crippen LogP contribution in [0.2, 0.25) is 0 Å². The van der Waals surface area contributed by atoms with Crippen LogP contribution in [0.4, 0.5) is 0 Å². The number of fused-ring (bicyclic) bond motifs is 1. The Morgan fingerprint density at radius 1 is 1.26 bits per heavy atom. The van der Waals surface area contributed by atoms with Gasteiger partial charge in [0.25, 0.3) is 0 Å². The monoisotopic (exact) mass is 310 g/mol. The number of rotatable bonds is 3. The van der Waals surface area contributed by atoms with Crippen LogP contribution in [-0.2, 0) is 6.54 Å². The predicted molar refractivity (Wildman–Crippen MR) is 88.3 cm³/mol. The third-order valence-corrected chi connectivity index (χ3v) is 4.89. The Labute approximate surface area is 135 Å². The molecule has 6 nitrogen and oxygen atoms in total. The minimum Gasteiger partial charge on any atom is -0.299 e. The molecule has 4 heterocycles. The van der Waals surface area contributed by atoms with Crippen molar-refractivity contribution in [2.75, 3.05) is 13.1 Å². The molecular formula is C17H22N6. The quantitative estimate of drug-likeness (QED) is 0.807. The highest BCUT2D eigenvalue weighted by molar-refractivity contribution is 5.39. The van der Waals surface area contributed by atoms with Crippen molar-refractivity contribution in [2.45, 2.75) is 39.2 Å². The van der Waals surface area contributed by atoms with E-state index in [2.05, 4.69) is 40.1 Å². The lowest BCUT2D eigenvalue weighted by Gasteiger charge is -2.31. The van der Waals surface area contributed by atoms with Gasteiger partial charge in [-0.05, 0) is 45.8 Å². The van der Waals surface area contributed by atoms with Crippen LogP contribution >= 0.6 is 0 Å². The molecule has 1 saturated heterocycles. The standard InChI is InChI=1S/C17H22N6/c1-12-9-16(20-17-3-6-19-23(12)17)14-4-7-22(8-5-14)11-15-10-18-21-13(15)2/h3,6,9-10,14H,4-5,7-8,11H2,1-2H3,(H,18,21). The smallest absolute Gasteiger partial charge is 0.155 e. The SMILES string of the molecule is Cc1[nH]ncc1CN1CCC(c2cc(C)n3nccc3n2)CC1. The number of hydrogen-bond acceptors (Lipinski definition) is 4. The topological polar surface area (TPSA) is 62.1 Å². The van der Waals surface area contributed by atoms with Gasteiger partial charge in [0.05, 0.1) is 12.4 Å². The van der Waals surface area contributed by atoms with Gasteiger partial charge in [-0.15, -0.1) is 0 Å². The number of nitrogens with one attached hydrogen (secondary N) is 1. The summed E-state index contributed by atoms with van der Waals surface area (Å²) in [5.74, 6) is 0.551. The van der Waals surface area contributed by atoms with E-state index >= 15 is 0 Å². The van der Waals surface area contributed by atoms with Gasteiger partial charge in [0.2, 0.25) is 0 Å². The van der Waals surface area contributed by atoms with Gasteiger partial charge < -0.3 is 0 Å². The average Bonchev–Trinajstić information content (AvgIpc) is 3.18. The fourth-order valence-corrected chi connectivity index (χ4v) is 3.46. The van der Waals surface area contributed by atoms with E-state index in [0.717, 1.165) is 43.8 Å². The molecule has 0 unspecified atom stereocenters. The zero-order valence-corrected chi connectivity index (χ0v) is 13.7. The number of hydrogen-bond donors (Lipinski definition) is 1. The molecule has 1 aliphatic heterocycles. The van der Waals surface area contributed by atoms with E-state index in [1.165, 1.54) is 17.0 Å². The molecule has 0 atom stereocenters. The van der Waals surface area contributed by atoms with Crippen molar-refractivity contribution in [3.05, 3.63) is 47.2 Å². The summed E-state index contributed by atoms with van der Waals surface area (Å²) in [7, 11) is 0. The normalized spacial score (nSPS) is 17.1. The van der Waals surface area contributed by atoms with Gasteiger partial charge in [-0.25, -0.2) is 9.50 Å². The van der Waals surface area contributed by atoms with Gasteiger partial charge in [-0.2, -0.15) is 10.2 Å². The van der Waals surface area contributed by atoms with Crippen LogP contribution in [0, 0.1) is 13.8 Å². The second kappa shape index (κ2) is 5.77. The highest BCUT2D eigenvalue weighted by atomic mass is 15.2. The first-order valence-electron chi connectivity index (χ1n) is 8.23. The van der Waals surface area contributed by atoms with Crippen molar-refractivity contribution in [1.29, 1.82) is 0 Å². The van der Waals surface area contributed by atoms with E-state index < -0.39 is 0 Å². The Hall–Kier alpha value is -2.21. The zero-order chi connectivity index (χ0) is 15.8. The van der Waals surface area contributed by atoms with E-state index in [1.807, 2.05) is 23.0 Å². The fraction of sp³-hybridized carbons (Fsp3) is 0.471. The van der Waals surface area contributed by atoms with Crippen molar-refractivity contribution in [3.8, 4) is 0 Å². The molecule has 0 radical (unpaired) electrons. The minimum absolute atomic E-state index is 0.551. The molecule has 4 rings (SSSR count). The lowest BCUT2D eigenvalue weighted by Crippen LogP contribution is -2.32. The molecule has 6 heteroatoms. The number of piperidine rings is 1. The van der Waals surface area contributed by atoms with Gasteiger partial charge in [0, 0.05) is 41.2 Å². The summed E-state index contributed by atoms with van der Waals surface area (Å²) in [4.78, 5) is 7.31. The van der Waals surface area contributed by atoms with E-state index in [0.29, 0.717) is 5.92 Å². The zero-order valence-electron chi connectivity index (χ0n) is 13.7. The van der Waals surface area contributed by atoms with Crippen LogP contribution in [0.25, 0.3) is 5.65 Å². The number of H-pyrrole nitrogens is 1. The molecule has 1 aliphatic rings. The molecule has 23 heavy (non-hydrogen) atoms. The summed E-state index contributed by atoms with van der Waals surface area (Å²) >= 11 is 0. The Morgan fingerprint density at radius 2 is 2.09 bits per heavy atom. The third-order valence-electron chi connectivity index (χ3n) is 4.89. The third kappa shape index (κ3) is 2.74. The van der Waals surface area contributed by atoms with Crippen LogP contribution in [0.3, 0.4) is 0 Å². The first kappa shape index (κ1) is 14.4. The molecule has 1 N–H and O–H groups in total. The molecule has 0 amide bonds. The first-order valence-corrected chi connectivity index (χ1v) is 8.23. The molecule has 3 aromatic heterocycles. The Kier molecular flexibility index (Phi) is 3.61. The number of nitrogens with zero attached hydrogens (tertiary/aromatic N) is 5. The van der Waals surface area contributed by atoms with Gasteiger partial charge in [-0.1, -0.05) is 0 Å². The molecule has 0 aliphatic carbocycles. The lowest BCUT2D eigenvalue weighted by molar-refractivity contribution is 0.203. The van der Waals surface area contributed by atoms with Crippen LogP contribution in [0.15, 0.2) is 24.5 Å². The first-order chi connectivity index (χ1) is 11.2. The highest BCUT2D eigenvalue weighted by Crippen LogP contribution is 2.28. The maximum absolute atomic E-state index is 4.80. The Morgan fingerprint density at radius 3 is 2.83 bits per heavy atom. The molecule has 1 fully saturated rings. The summed E-state index contributed by atoms with van der Waals surface area (Å²) < 4.78 is 1.90. The predicted octanol–water partition coefficient (Wildman–Crippen LogP) is 2.45. The van der Waals surface area contributed by atoms with Gasteiger partial charge >= 0.3 is 0 Å². The largest absolute Gasteiger partial charge is 0.299 e. The van der Waals surface area contributed by atoms with Gasteiger partial charge in [-0.3, -0.25) is 10.00 Å². The van der Waals surface area contributed by atoms with Crippen LogP contribution in [0.1, 0.15) is 41.4 Å². The summed E-state index contributed by atoms with van der Waals surface area (Å²) in [6.07, 6.45) is 6.08. The molecule has 3 aromatic rings. The molecule has 0 aromatic carbocycles. The number of likely N-dealkylation sites (tertiary alicyclic amines) is 1. The van der Waals surface area contributed by atoms with Gasteiger partial charge in [0.15, 0.2) is 5.65 Å². The number of aromatic amines is 1. The molecule has 120 valence electrons. The van der Waals surface area contributed by atoms with E-state index in [4.69, 9.17) is 4.98 Å². The minimum atomic E-state index is 0.551. The van der Waals surface area contributed by atoms with E-state index in [9.17, 15) is 0 Å². The number of aromatic nitrogens is 5. The average molecular weight is 310 g/mol. The molecule has 0 spiro atoms. The molecule has 0 bridgehead atoms. The maximum Gasteiger partial charge on any atom is 0.155 e. The Balaban J connectivity index is 1.45. The molecule has 0 saturated carbocycles. The second-order valence-electron chi connectivity index (χ2n) is 6.49. The summed E-state index contributed by atoms with van der Waals surface area (Å²) in [5.41, 5.74) is 5.81. The molecular weight excluding hydrogens is 288 g/mol. The van der Waals surface area contributed by atoms with Crippen LogP contribution in [-0.4, -0.2) is 42.8 Å². The van der Waals surface area contributed by atoms with Crippen molar-refractivity contribution in [1.82, 2.24) is 29.7 Å². The van der Waals surface area contributed by atoms with Crippen molar-refractivity contribution < 1.29 is 0 Å². The lowest BCUT2D eigenvalue weighted by atomic mass is 9.92. The van der Waals surface area contributed by atoms with Gasteiger partial charge in [0.1, 0.15) is 0 Å². The Bertz CT molecular complexity index is 809. The van der Waals surface area contributed by atoms with Crippen LogP contribution in [0.5, 0.6) is 0 Å². The fourth-order valence-electron chi connectivity index (χ4n) is 3.46.